The van der Waals surface area contributed by atoms with Gasteiger partial charge < -0.3 is 5.32 Å². The third-order valence-corrected chi connectivity index (χ3v) is 0.324. The fraction of sp³-hybridized carbons (Fsp3) is 0.500. The van der Waals surface area contributed by atoms with Gasteiger partial charge in [-0.3, -0.25) is 4.84 Å². The van der Waals surface area contributed by atoms with E-state index in [0.717, 1.165) is 0 Å². The van der Waals surface area contributed by atoms with Crippen molar-refractivity contribution in [3.05, 3.63) is 4.91 Å². The second-order valence-corrected chi connectivity index (χ2v) is 0.703. The van der Waals surface area contributed by atoms with Crippen molar-refractivity contribution in [1.29, 1.82) is 0 Å². The number of rotatable bonds is 1. The lowest BCUT2D eigenvalue weighted by Gasteiger charge is -1.86. The van der Waals surface area contributed by atoms with Crippen molar-refractivity contribution in [3.63, 3.8) is 0 Å². The van der Waals surface area contributed by atoms with Gasteiger partial charge in [0.1, 0.15) is 0 Å². The van der Waals surface area contributed by atoms with E-state index in [1.54, 1.807) is 0 Å². The van der Waals surface area contributed by atoms with Crippen molar-refractivity contribution >= 4 is 6.09 Å². The minimum atomic E-state index is -0.852. The molecule has 0 atom stereocenters. The third-order valence-electron chi connectivity index (χ3n) is 0.324. The first kappa shape index (κ1) is 5.87. The highest BCUT2D eigenvalue weighted by Crippen LogP contribution is 1.71. The standard InChI is InChI=1S/C2H4N2O3/c1-3-2(5)7-4-6/h1H3,(H,3,5). The molecule has 0 aromatic carbocycles. The highest BCUT2D eigenvalue weighted by Gasteiger charge is 1.92. The smallest absolute Gasteiger partial charge is 0.323 e. The minimum Gasteiger partial charge on any atom is -0.323 e. The molecule has 7 heavy (non-hydrogen) atoms. The predicted molar refractivity (Wildman–Crippen MR) is 21.3 cm³/mol. The Morgan fingerprint density at radius 1 is 1.86 bits per heavy atom. The summed E-state index contributed by atoms with van der Waals surface area (Å²) in [6.07, 6.45) is -0.852. The number of carbonyl (C=O) groups is 1. The molecule has 0 fully saturated rings. The first-order valence-electron chi connectivity index (χ1n) is 1.52. The Morgan fingerprint density at radius 2 is 2.43 bits per heavy atom. The van der Waals surface area contributed by atoms with Crippen LogP contribution in [-0.4, -0.2) is 13.1 Å². The summed E-state index contributed by atoms with van der Waals surface area (Å²) in [5.41, 5.74) is 0. The molecule has 0 saturated carbocycles. The number of nitrogens with zero attached hydrogens (tertiary/aromatic N) is 1. The van der Waals surface area contributed by atoms with Crippen LogP contribution in [0.15, 0.2) is 5.34 Å². The Bertz CT molecular complexity index is 81.0. The van der Waals surface area contributed by atoms with E-state index in [2.05, 4.69) is 4.84 Å². The van der Waals surface area contributed by atoms with Crippen LogP contribution in [0.4, 0.5) is 4.79 Å². The lowest BCUT2D eigenvalue weighted by molar-refractivity contribution is 0.151. The van der Waals surface area contributed by atoms with Gasteiger partial charge in [-0.05, 0) is 0 Å². The van der Waals surface area contributed by atoms with Gasteiger partial charge in [0.05, 0.1) is 0 Å². The molecule has 5 nitrogen and oxygen atoms in total. The van der Waals surface area contributed by atoms with Gasteiger partial charge >= 0.3 is 6.09 Å². The van der Waals surface area contributed by atoms with Crippen molar-refractivity contribution in [2.75, 3.05) is 7.05 Å². The monoisotopic (exact) mass is 104 g/mol. The fourth-order valence-electron chi connectivity index (χ4n) is 0.0795. The Morgan fingerprint density at radius 3 is 2.57 bits per heavy atom. The number of hydrogen-bond acceptors (Lipinski definition) is 4. The number of carbonyl (C=O) groups excluding carboxylic acids is 1. The molecular formula is C2H4N2O3. The highest BCUT2D eigenvalue weighted by atomic mass is 16.8. The van der Waals surface area contributed by atoms with Crippen LogP contribution < -0.4 is 5.32 Å². The summed E-state index contributed by atoms with van der Waals surface area (Å²) >= 11 is 0. The van der Waals surface area contributed by atoms with Crippen LogP contribution in [0.3, 0.4) is 0 Å². The summed E-state index contributed by atoms with van der Waals surface area (Å²) in [5.74, 6) is 0. The number of nitrogens with one attached hydrogen (secondary N) is 1. The molecule has 0 aromatic heterocycles. The summed E-state index contributed by atoms with van der Waals surface area (Å²) in [7, 11) is 1.33. The summed E-state index contributed by atoms with van der Waals surface area (Å²) in [6, 6.07) is 0. The van der Waals surface area contributed by atoms with Crippen molar-refractivity contribution in [2.24, 2.45) is 5.34 Å². The van der Waals surface area contributed by atoms with Gasteiger partial charge in [-0.2, -0.15) is 0 Å². The van der Waals surface area contributed by atoms with E-state index < -0.39 is 6.09 Å². The zero-order chi connectivity index (χ0) is 5.70. The first-order chi connectivity index (χ1) is 3.31. The van der Waals surface area contributed by atoms with Crippen LogP contribution in [0.2, 0.25) is 0 Å². The van der Waals surface area contributed by atoms with E-state index >= 15 is 0 Å². The first-order valence-corrected chi connectivity index (χ1v) is 1.52. The second-order valence-electron chi connectivity index (χ2n) is 0.703. The van der Waals surface area contributed by atoms with Crippen LogP contribution in [0.5, 0.6) is 0 Å². The van der Waals surface area contributed by atoms with Crippen LogP contribution in [0.1, 0.15) is 0 Å². The molecule has 0 saturated heterocycles. The molecule has 0 spiro atoms. The van der Waals surface area contributed by atoms with Gasteiger partial charge in [-0.1, -0.05) is 0 Å². The highest BCUT2D eigenvalue weighted by molar-refractivity contribution is 5.66. The summed E-state index contributed by atoms with van der Waals surface area (Å²) in [5, 5.41) is 3.86. The van der Waals surface area contributed by atoms with Gasteiger partial charge in [0.2, 0.25) is 0 Å². The van der Waals surface area contributed by atoms with Crippen molar-refractivity contribution < 1.29 is 9.63 Å². The summed E-state index contributed by atoms with van der Waals surface area (Å²) in [4.78, 5) is 22.3. The Kier molecular flexibility index (Phi) is 2.58. The van der Waals surface area contributed by atoms with E-state index in [-0.39, 0.29) is 0 Å². The van der Waals surface area contributed by atoms with E-state index in [0.29, 0.717) is 0 Å². The Labute approximate surface area is 39.6 Å². The lowest BCUT2D eigenvalue weighted by atomic mass is 11.1. The van der Waals surface area contributed by atoms with Crippen molar-refractivity contribution in [3.8, 4) is 0 Å². The SMILES string of the molecule is CNC(=O)ON=O. The molecule has 5 heteroatoms. The molecule has 0 radical (unpaired) electrons. The predicted octanol–water partition coefficient (Wildman–Crippen LogP) is 0.0238. The van der Waals surface area contributed by atoms with E-state index in [9.17, 15) is 4.79 Å². The van der Waals surface area contributed by atoms with Gasteiger partial charge in [-0.25, -0.2) is 4.79 Å². The quantitative estimate of drug-likeness (QED) is 0.376. The van der Waals surface area contributed by atoms with Gasteiger partial charge in [-0.15, -0.1) is 4.91 Å². The Hall–Kier alpha value is -1.13. The van der Waals surface area contributed by atoms with Crippen LogP contribution >= 0.6 is 0 Å². The minimum absolute atomic E-state index is 0.852. The van der Waals surface area contributed by atoms with E-state index in [1.807, 2.05) is 10.7 Å². The van der Waals surface area contributed by atoms with Gasteiger partial charge in [0, 0.05) is 7.05 Å². The van der Waals surface area contributed by atoms with Gasteiger partial charge in [0.25, 0.3) is 0 Å². The molecule has 40 valence electrons. The molecule has 0 unspecified atom stereocenters. The summed E-state index contributed by atoms with van der Waals surface area (Å²) < 4.78 is 0. The zero-order valence-electron chi connectivity index (χ0n) is 3.67. The number of amides is 1. The average molecular weight is 104 g/mol. The molecule has 0 heterocycles. The maximum absolute atomic E-state index is 9.78. The largest absolute Gasteiger partial charge is 0.435 e. The van der Waals surface area contributed by atoms with Gasteiger partial charge in [0.15, 0.2) is 5.34 Å². The molecular weight excluding hydrogens is 100 g/mol. The topological polar surface area (TPSA) is 67.8 Å². The average Bonchev–Trinajstić information content (AvgIpc) is 1.68. The molecule has 0 rings (SSSR count). The normalized spacial score (nSPS) is 7.00. The van der Waals surface area contributed by atoms with Crippen molar-refractivity contribution in [2.45, 2.75) is 0 Å². The third kappa shape index (κ3) is 2.68. The molecule has 1 N–H and O–H groups in total. The molecule has 0 aliphatic carbocycles. The van der Waals surface area contributed by atoms with Crippen molar-refractivity contribution in [1.82, 2.24) is 5.32 Å². The van der Waals surface area contributed by atoms with E-state index in [4.69, 9.17) is 4.91 Å². The van der Waals surface area contributed by atoms with E-state index in [1.165, 1.54) is 7.05 Å². The summed E-state index contributed by atoms with van der Waals surface area (Å²) in [6.45, 7) is 0. The fourth-order valence-corrected chi connectivity index (χ4v) is 0.0795. The lowest BCUT2D eigenvalue weighted by Crippen LogP contribution is -2.16. The molecule has 0 bridgehead atoms. The maximum Gasteiger partial charge on any atom is 0.435 e. The maximum atomic E-state index is 9.78. The molecule has 0 aliphatic rings. The molecule has 1 amide bonds. The molecule has 0 aromatic rings. The molecule has 0 aliphatic heterocycles. The number of hydrogen-bond donors (Lipinski definition) is 1. The van der Waals surface area contributed by atoms with Crippen LogP contribution in [0.25, 0.3) is 0 Å². The second kappa shape index (κ2) is 3.08. The van der Waals surface area contributed by atoms with Crippen LogP contribution in [0, 0.1) is 4.91 Å². The zero-order valence-corrected chi connectivity index (χ0v) is 3.67. The van der Waals surface area contributed by atoms with Crippen LogP contribution in [-0.2, 0) is 4.84 Å². The Balaban J connectivity index is 3.17.